The summed E-state index contributed by atoms with van der Waals surface area (Å²) in [6, 6.07) is 25.3. The van der Waals surface area contributed by atoms with Crippen LogP contribution < -0.4 is 15.4 Å². The van der Waals surface area contributed by atoms with Crippen LogP contribution in [0.3, 0.4) is 0 Å². The molecule has 2 N–H and O–H groups in total. The summed E-state index contributed by atoms with van der Waals surface area (Å²) in [5.74, 6) is 0.664. The van der Waals surface area contributed by atoms with Gasteiger partial charge in [-0.05, 0) is 60.8 Å². The highest BCUT2D eigenvalue weighted by atomic mass is 16.5. The average Bonchev–Trinajstić information content (AvgIpc) is 2.96. The van der Waals surface area contributed by atoms with E-state index in [0.29, 0.717) is 26.1 Å². The summed E-state index contributed by atoms with van der Waals surface area (Å²) in [6.07, 6.45) is 5.12. The number of benzene rings is 3. The summed E-state index contributed by atoms with van der Waals surface area (Å²) in [5, 5.41) is 6.25. The second-order valence-corrected chi connectivity index (χ2v) is 9.91. The maximum absolute atomic E-state index is 13.5. The van der Waals surface area contributed by atoms with Gasteiger partial charge >= 0.3 is 0 Å². The van der Waals surface area contributed by atoms with E-state index in [9.17, 15) is 9.59 Å². The fourth-order valence-electron chi connectivity index (χ4n) is 4.85. The molecule has 0 saturated heterocycles. The molecular formula is C32H39N3O3. The first-order valence-corrected chi connectivity index (χ1v) is 13.7. The van der Waals surface area contributed by atoms with Crippen LogP contribution in [-0.4, -0.2) is 42.9 Å². The number of unbranched alkanes of at least 4 members (excludes halogenated alkanes) is 3. The minimum Gasteiger partial charge on any atom is -0.489 e. The van der Waals surface area contributed by atoms with Crippen molar-refractivity contribution in [3.05, 3.63) is 101 Å². The van der Waals surface area contributed by atoms with Gasteiger partial charge in [0.2, 0.25) is 11.8 Å². The van der Waals surface area contributed by atoms with E-state index >= 15 is 0 Å². The third-order valence-electron chi connectivity index (χ3n) is 7.05. The van der Waals surface area contributed by atoms with E-state index in [1.807, 2.05) is 79.8 Å². The third-order valence-corrected chi connectivity index (χ3v) is 7.05. The van der Waals surface area contributed by atoms with Gasteiger partial charge in [0, 0.05) is 19.5 Å². The van der Waals surface area contributed by atoms with Crippen molar-refractivity contribution in [1.82, 2.24) is 15.5 Å². The van der Waals surface area contributed by atoms with E-state index < -0.39 is 6.04 Å². The van der Waals surface area contributed by atoms with Gasteiger partial charge in [0.25, 0.3) is 0 Å². The largest absolute Gasteiger partial charge is 0.489 e. The zero-order valence-corrected chi connectivity index (χ0v) is 22.3. The van der Waals surface area contributed by atoms with Crippen LogP contribution in [0, 0.1) is 0 Å². The Morgan fingerprint density at radius 1 is 0.816 bits per heavy atom. The number of ether oxygens (including phenoxy) is 1. The molecule has 6 nitrogen and oxygen atoms in total. The molecule has 200 valence electrons. The molecule has 3 aromatic rings. The maximum Gasteiger partial charge on any atom is 0.243 e. The van der Waals surface area contributed by atoms with Crippen molar-refractivity contribution in [2.45, 2.75) is 57.7 Å². The maximum atomic E-state index is 13.5. The minimum atomic E-state index is -0.491. The molecule has 0 spiro atoms. The summed E-state index contributed by atoms with van der Waals surface area (Å²) in [5.41, 5.74) is 4.26. The van der Waals surface area contributed by atoms with Crippen molar-refractivity contribution in [2.24, 2.45) is 0 Å². The lowest BCUT2D eigenvalue weighted by Gasteiger charge is -2.36. The van der Waals surface area contributed by atoms with E-state index in [4.69, 9.17) is 4.74 Å². The number of nitrogens with one attached hydrogen (secondary N) is 2. The van der Waals surface area contributed by atoms with Gasteiger partial charge in [0.05, 0.1) is 6.42 Å². The van der Waals surface area contributed by atoms with Crippen LogP contribution >= 0.6 is 0 Å². The first-order chi connectivity index (χ1) is 18.6. The molecule has 4 rings (SSSR count). The molecule has 1 atom stereocenters. The van der Waals surface area contributed by atoms with Crippen molar-refractivity contribution < 1.29 is 14.3 Å². The zero-order valence-electron chi connectivity index (χ0n) is 22.3. The van der Waals surface area contributed by atoms with E-state index in [0.717, 1.165) is 60.2 Å². The van der Waals surface area contributed by atoms with E-state index in [2.05, 4.69) is 16.7 Å². The summed E-state index contributed by atoms with van der Waals surface area (Å²) in [6.45, 7) is 2.62. The lowest BCUT2D eigenvalue weighted by Crippen LogP contribution is -2.53. The lowest BCUT2D eigenvalue weighted by molar-refractivity contribution is -0.141. The molecule has 0 bridgehead atoms. The molecule has 6 heteroatoms. The summed E-state index contributed by atoms with van der Waals surface area (Å²) in [4.78, 5) is 28.4. The molecule has 38 heavy (non-hydrogen) atoms. The van der Waals surface area contributed by atoms with Gasteiger partial charge in [-0.1, -0.05) is 79.6 Å². The van der Waals surface area contributed by atoms with Crippen LogP contribution in [0.2, 0.25) is 0 Å². The SMILES string of the molecule is CNCCCCCCNC(=O)C1Cc2ccccc2CN1C(=O)Cc1ccc(OCc2ccccc2)cc1. The Morgan fingerprint density at radius 3 is 2.24 bits per heavy atom. The Morgan fingerprint density at radius 2 is 1.50 bits per heavy atom. The molecule has 1 heterocycles. The Labute approximate surface area is 226 Å². The zero-order chi connectivity index (χ0) is 26.6. The normalized spacial score (nSPS) is 14.6. The standard InChI is InChI=1S/C32H39N3O3/c1-33-19-9-2-3-10-20-34-32(37)30-22-27-13-7-8-14-28(27)23-35(30)31(36)21-25-15-17-29(18-16-25)38-24-26-11-5-4-6-12-26/h4-8,11-18,30,33H,2-3,9-10,19-24H2,1H3,(H,34,37). The molecule has 0 aromatic heterocycles. The number of hydrogen-bond acceptors (Lipinski definition) is 4. The first kappa shape index (κ1) is 27.4. The van der Waals surface area contributed by atoms with Crippen molar-refractivity contribution in [3.8, 4) is 5.75 Å². The molecule has 1 aliphatic rings. The fourth-order valence-corrected chi connectivity index (χ4v) is 4.85. The highest BCUT2D eigenvalue weighted by Crippen LogP contribution is 2.25. The van der Waals surface area contributed by atoms with Crippen LogP contribution in [0.4, 0.5) is 0 Å². The van der Waals surface area contributed by atoms with E-state index in [1.165, 1.54) is 0 Å². The first-order valence-electron chi connectivity index (χ1n) is 13.7. The quantitative estimate of drug-likeness (QED) is 0.326. The number of hydrogen-bond donors (Lipinski definition) is 2. The predicted molar refractivity (Wildman–Crippen MR) is 151 cm³/mol. The minimum absolute atomic E-state index is 0.0373. The van der Waals surface area contributed by atoms with Crippen molar-refractivity contribution >= 4 is 11.8 Å². The number of nitrogens with zero attached hydrogens (tertiary/aromatic N) is 1. The summed E-state index contributed by atoms with van der Waals surface area (Å²) in [7, 11) is 1.96. The lowest BCUT2D eigenvalue weighted by atomic mass is 9.92. The van der Waals surface area contributed by atoms with Crippen LogP contribution in [-0.2, 0) is 35.6 Å². The summed E-state index contributed by atoms with van der Waals surface area (Å²) >= 11 is 0. The van der Waals surface area contributed by atoms with Gasteiger partial charge < -0.3 is 20.3 Å². The Bertz CT molecular complexity index is 1160. The van der Waals surface area contributed by atoms with Crippen LogP contribution in [0.25, 0.3) is 0 Å². The third kappa shape index (κ3) is 7.93. The van der Waals surface area contributed by atoms with Crippen LogP contribution in [0.15, 0.2) is 78.9 Å². The van der Waals surface area contributed by atoms with E-state index in [1.54, 1.807) is 4.90 Å². The van der Waals surface area contributed by atoms with Crippen molar-refractivity contribution in [1.29, 1.82) is 0 Å². The molecule has 3 aromatic carbocycles. The molecule has 0 aliphatic carbocycles. The molecule has 0 saturated carbocycles. The molecule has 0 fully saturated rings. The molecule has 0 radical (unpaired) electrons. The average molecular weight is 514 g/mol. The second-order valence-electron chi connectivity index (χ2n) is 9.91. The van der Waals surface area contributed by atoms with Gasteiger partial charge in [0.1, 0.15) is 18.4 Å². The molecule has 2 amide bonds. The highest BCUT2D eigenvalue weighted by Gasteiger charge is 2.34. The number of amides is 2. The highest BCUT2D eigenvalue weighted by molar-refractivity contribution is 5.89. The number of carbonyl (C=O) groups is 2. The van der Waals surface area contributed by atoms with Gasteiger partial charge in [0.15, 0.2) is 0 Å². The van der Waals surface area contributed by atoms with E-state index in [-0.39, 0.29) is 18.2 Å². The topological polar surface area (TPSA) is 70.7 Å². The van der Waals surface area contributed by atoms with Crippen molar-refractivity contribution in [3.63, 3.8) is 0 Å². The molecule has 1 aliphatic heterocycles. The second kappa shape index (κ2) is 14.3. The van der Waals surface area contributed by atoms with Gasteiger partial charge in [-0.2, -0.15) is 0 Å². The molecule has 1 unspecified atom stereocenters. The van der Waals surface area contributed by atoms with Crippen molar-refractivity contribution in [2.75, 3.05) is 20.1 Å². The predicted octanol–water partition coefficient (Wildman–Crippen LogP) is 4.66. The number of rotatable bonds is 13. The number of carbonyl (C=O) groups excluding carboxylic acids is 2. The molecular weight excluding hydrogens is 474 g/mol. The Kier molecular flexibility index (Phi) is 10.3. The monoisotopic (exact) mass is 513 g/mol. The van der Waals surface area contributed by atoms with Crippen LogP contribution in [0.1, 0.15) is 47.9 Å². The smallest absolute Gasteiger partial charge is 0.243 e. The summed E-state index contributed by atoms with van der Waals surface area (Å²) < 4.78 is 5.88. The Hall–Kier alpha value is -3.64. The fraction of sp³-hybridized carbons (Fsp3) is 0.375. The van der Waals surface area contributed by atoms with Crippen LogP contribution in [0.5, 0.6) is 5.75 Å². The van der Waals surface area contributed by atoms with Gasteiger partial charge in [-0.25, -0.2) is 0 Å². The number of fused-ring (bicyclic) bond motifs is 1. The van der Waals surface area contributed by atoms with Gasteiger partial charge in [-0.3, -0.25) is 9.59 Å². The Balaban J connectivity index is 1.34. The van der Waals surface area contributed by atoms with Gasteiger partial charge in [-0.15, -0.1) is 0 Å².